The normalized spacial score (nSPS) is 11.8. The first kappa shape index (κ1) is 10.3. The summed E-state index contributed by atoms with van der Waals surface area (Å²) in [6, 6.07) is 2.10. The van der Waals surface area contributed by atoms with Crippen LogP contribution in [0.15, 0.2) is 16.9 Å². The predicted molar refractivity (Wildman–Crippen MR) is 59.7 cm³/mol. The van der Waals surface area contributed by atoms with E-state index in [0.717, 1.165) is 4.60 Å². The molecule has 1 aromatic heterocycles. The van der Waals surface area contributed by atoms with E-state index in [9.17, 15) is 0 Å². The van der Waals surface area contributed by atoms with Crippen LogP contribution in [-0.4, -0.2) is 18.3 Å². The molecule has 0 aliphatic rings. The van der Waals surface area contributed by atoms with E-state index in [4.69, 9.17) is 0 Å². The fraction of sp³-hybridized carbons (Fsp3) is 0.444. The Hall–Kier alpha value is 0.173. The maximum absolute atomic E-state index is 4.27. The second-order valence-electron chi connectivity index (χ2n) is 4.07. The third kappa shape index (κ3) is 2.33. The molecular formula is C9H14BrGeN. The van der Waals surface area contributed by atoms with Crippen LogP contribution in [0.1, 0.15) is 5.56 Å². The Bertz CT molecular complexity index is 291. The number of aryl methyl sites for hydroxylation is 1. The fourth-order valence-corrected chi connectivity index (χ4v) is 5.33. The van der Waals surface area contributed by atoms with Gasteiger partial charge < -0.3 is 0 Å². The molecule has 0 aliphatic carbocycles. The Balaban J connectivity index is 3.19. The molecule has 0 N–H and O–H groups in total. The van der Waals surface area contributed by atoms with E-state index in [1.807, 2.05) is 6.20 Å². The average molecular weight is 289 g/mol. The van der Waals surface area contributed by atoms with E-state index < -0.39 is 13.3 Å². The molecule has 0 radical (unpaired) electrons. The fourth-order valence-electron chi connectivity index (χ4n) is 1.31. The van der Waals surface area contributed by atoms with Crippen molar-refractivity contribution >= 4 is 33.6 Å². The molecule has 0 aliphatic heterocycles. The van der Waals surface area contributed by atoms with E-state index in [1.54, 1.807) is 0 Å². The number of halogens is 1. The molecule has 0 unspecified atom stereocenters. The first-order valence-electron chi connectivity index (χ1n) is 4.04. The molecule has 0 atom stereocenters. The second-order valence-corrected chi connectivity index (χ2v) is 15.5. The minimum absolute atomic E-state index is 0.940. The van der Waals surface area contributed by atoms with Crippen LogP contribution in [0.4, 0.5) is 0 Å². The summed E-state index contributed by atoms with van der Waals surface area (Å²) in [5.41, 5.74) is 1.38. The van der Waals surface area contributed by atoms with Crippen LogP contribution >= 0.6 is 15.9 Å². The average Bonchev–Trinajstić information content (AvgIpc) is 1.83. The van der Waals surface area contributed by atoms with Crippen LogP contribution in [0.2, 0.25) is 17.3 Å². The van der Waals surface area contributed by atoms with Gasteiger partial charge in [-0.15, -0.1) is 0 Å². The van der Waals surface area contributed by atoms with Gasteiger partial charge in [-0.05, 0) is 0 Å². The molecule has 0 spiro atoms. The summed E-state index contributed by atoms with van der Waals surface area (Å²) in [7, 11) is 0. The Morgan fingerprint density at radius 1 is 1.33 bits per heavy atom. The summed E-state index contributed by atoms with van der Waals surface area (Å²) in [4.78, 5) is 4.27. The van der Waals surface area contributed by atoms with Gasteiger partial charge >= 0.3 is 85.2 Å². The predicted octanol–water partition coefficient (Wildman–Crippen LogP) is 2.70. The zero-order chi connectivity index (χ0) is 9.35. The second kappa shape index (κ2) is 3.50. The third-order valence-corrected chi connectivity index (χ3v) is 6.81. The standard InChI is InChI=1S/C9H14BrGeN/c1-7-5-9(10)12-6-8(7)11(2,3)4/h5-6H,1-4H3. The molecule has 1 rings (SSSR count). The Morgan fingerprint density at radius 3 is 2.33 bits per heavy atom. The van der Waals surface area contributed by atoms with E-state index in [2.05, 4.69) is 51.2 Å². The van der Waals surface area contributed by atoms with Crippen molar-refractivity contribution < 1.29 is 0 Å². The van der Waals surface area contributed by atoms with Crippen molar-refractivity contribution in [3.63, 3.8) is 0 Å². The molecule has 1 aromatic rings. The van der Waals surface area contributed by atoms with E-state index in [-0.39, 0.29) is 0 Å². The van der Waals surface area contributed by atoms with Gasteiger partial charge in [0.05, 0.1) is 0 Å². The van der Waals surface area contributed by atoms with Crippen molar-refractivity contribution in [1.82, 2.24) is 4.98 Å². The van der Waals surface area contributed by atoms with Crippen LogP contribution < -0.4 is 4.40 Å². The number of pyridine rings is 1. The van der Waals surface area contributed by atoms with Crippen molar-refractivity contribution in [2.75, 3.05) is 0 Å². The summed E-state index contributed by atoms with van der Waals surface area (Å²) in [6.07, 6.45) is 2.03. The van der Waals surface area contributed by atoms with Crippen molar-refractivity contribution in [2.45, 2.75) is 24.2 Å². The summed E-state index contributed by atoms with van der Waals surface area (Å²) in [6.45, 7) is 2.16. The van der Waals surface area contributed by atoms with Crippen LogP contribution in [0, 0.1) is 6.92 Å². The van der Waals surface area contributed by atoms with Crippen molar-refractivity contribution in [3.05, 3.63) is 22.4 Å². The van der Waals surface area contributed by atoms with Crippen molar-refractivity contribution in [2.24, 2.45) is 0 Å². The zero-order valence-corrected chi connectivity index (χ0v) is 11.7. The van der Waals surface area contributed by atoms with Gasteiger partial charge in [0.25, 0.3) is 0 Å². The summed E-state index contributed by atoms with van der Waals surface area (Å²) < 4.78 is 2.44. The molecule has 0 fully saturated rings. The maximum atomic E-state index is 4.27. The molecule has 0 saturated heterocycles. The van der Waals surface area contributed by atoms with Gasteiger partial charge in [-0.1, -0.05) is 0 Å². The number of hydrogen-bond donors (Lipinski definition) is 0. The minimum atomic E-state index is -1.67. The SMILES string of the molecule is Cc1cc(Br)nc[c]1[Ge]([CH3])([CH3])[CH3]. The molecule has 1 nitrogen and oxygen atoms in total. The quantitative estimate of drug-likeness (QED) is 0.572. The number of hydrogen-bond acceptors (Lipinski definition) is 1. The van der Waals surface area contributed by atoms with Crippen LogP contribution in [0.25, 0.3) is 0 Å². The summed E-state index contributed by atoms with van der Waals surface area (Å²) in [5, 5.41) is 0. The molecule has 3 heteroatoms. The van der Waals surface area contributed by atoms with Crippen molar-refractivity contribution in [1.29, 1.82) is 0 Å². The molecule has 0 amide bonds. The van der Waals surface area contributed by atoms with Gasteiger partial charge in [-0.3, -0.25) is 0 Å². The molecule has 12 heavy (non-hydrogen) atoms. The zero-order valence-electron chi connectivity index (χ0n) is 7.98. The molecule has 66 valence electrons. The molecule has 0 bridgehead atoms. The van der Waals surface area contributed by atoms with E-state index in [0.29, 0.717) is 0 Å². The monoisotopic (exact) mass is 289 g/mol. The molecule has 0 saturated carbocycles. The summed E-state index contributed by atoms with van der Waals surface area (Å²) in [5.74, 6) is 7.16. The van der Waals surface area contributed by atoms with E-state index in [1.165, 1.54) is 9.96 Å². The van der Waals surface area contributed by atoms with Crippen LogP contribution in [-0.2, 0) is 0 Å². The van der Waals surface area contributed by atoms with Gasteiger partial charge in [0.1, 0.15) is 0 Å². The Labute approximate surface area is 85.1 Å². The molecular weight excluding hydrogens is 275 g/mol. The van der Waals surface area contributed by atoms with Crippen LogP contribution in [0.3, 0.4) is 0 Å². The van der Waals surface area contributed by atoms with E-state index >= 15 is 0 Å². The van der Waals surface area contributed by atoms with Crippen LogP contribution in [0.5, 0.6) is 0 Å². The number of rotatable bonds is 1. The van der Waals surface area contributed by atoms with Crippen molar-refractivity contribution in [3.8, 4) is 0 Å². The van der Waals surface area contributed by atoms with Gasteiger partial charge in [-0.2, -0.15) is 0 Å². The number of nitrogens with zero attached hydrogens (tertiary/aromatic N) is 1. The number of aromatic nitrogens is 1. The topological polar surface area (TPSA) is 12.9 Å². The van der Waals surface area contributed by atoms with Gasteiger partial charge in [0, 0.05) is 0 Å². The van der Waals surface area contributed by atoms with Gasteiger partial charge in [0.15, 0.2) is 0 Å². The first-order chi connectivity index (χ1) is 5.41. The summed E-state index contributed by atoms with van der Waals surface area (Å²) >= 11 is 1.71. The molecule has 0 aromatic carbocycles. The first-order valence-corrected chi connectivity index (χ1v) is 12.2. The van der Waals surface area contributed by atoms with Gasteiger partial charge in [0.2, 0.25) is 0 Å². The molecule has 1 heterocycles. The third-order valence-electron chi connectivity index (χ3n) is 1.89. The Morgan fingerprint density at radius 2 is 1.92 bits per heavy atom. The Kier molecular flexibility index (Phi) is 2.99. The van der Waals surface area contributed by atoms with Gasteiger partial charge in [-0.25, -0.2) is 0 Å².